The lowest BCUT2D eigenvalue weighted by molar-refractivity contribution is 0.378. The predicted molar refractivity (Wildman–Crippen MR) is 88.7 cm³/mol. The summed E-state index contributed by atoms with van der Waals surface area (Å²) in [5, 5.41) is 4.31. The molecule has 0 bridgehead atoms. The van der Waals surface area contributed by atoms with Crippen LogP contribution in [0, 0.1) is 5.92 Å². The van der Waals surface area contributed by atoms with Gasteiger partial charge in [-0.05, 0) is 56.3 Å². The minimum Gasteiger partial charge on any atom is -0.368 e. The monoisotopic (exact) mass is 294 g/mol. The molecule has 2 nitrogen and oxygen atoms in total. The molecular weight excluding hydrogens is 268 g/mol. The van der Waals surface area contributed by atoms with E-state index >= 15 is 0 Å². The summed E-state index contributed by atoms with van der Waals surface area (Å²) < 4.78 is 0. The zero-order chi connectivity index (χ0) is 14.5. The van der Waals surface area contributed by atoms with Crippen molar-refractivity contribution < 1.29 is 0 Å². The highest BCUT2D eigenvalue weighted by molar-refractivity contribution is 6.33. The standard InChI is InChI=1S/C17H27ClN2/c1-4-8-19-12-15-5-6-17(16(18)11-15)20-9-7-13(2)10-14(20)3/h5-6,11,13-14,19H,4,7-10,12H2,1-3H3. The highest BCUT2D eigenvalue weighted by Crippen LogP contribution is 2.33. The Morgan fingerprint density at radius 2 is 2.15 bits per heavy atom. The summed E-state index contributed by atoms with van der Waals surface area (Å²) in [6.45, 7) is 9.92. The van der Waals surface area contributed by atoms with Crippen LogP contribution in [0.2, 0.25) is 5.02 Å². The van der Waals surface area contributed by atoms with Crippen molar-refractivity contribution in [1.82, 2.24) is 5.32 Å². The predicted octanol–water partition coefficient (Wildman–Crippen LogP) is 4.46. The molecule has 1 aliphatic heterocycles. The number of anilines is 1. The topological polar surface area (TPSA) is 15.3 Å². The first-order valence-electron chi connectivity index (χ1n) is 7.87. The van der Waals surface area contributed by atoms with Gasteiger partial charge in [-0.2, -0.15) is 0 Å². The summed E-state index contributed by atoms with van der Waals surface area (Å²) in [4.78, 5) is 2.46. The van der Waals surface area contributed by atoms with E-state index in [0.717, 1.165) is 37.0 Å². The molecule has 0 amide bonds. The van der Waals surface area contributed by atoms with E-state index in [1.54, 1.807) is 0 Å². The van der Waals surface area contributed by atoms with Crippen LogP contribution < -0.4 is 10.2 Å². The lowest BCUT2D eigenvalue weighted by Crippen LogP contribution is -2.40. The van der Waals surface area contributed by atoms with E-state index in [1.807, 2.05) is 0 Å². The molecule has 20 heavy (non-hydrogen) atoms. The quantitative estimate of drug-likeness (QED) is 0.806. The lowest BCUT2D eigenvalue weighted by Gasteiger charge is -2.38. The highest BCUT2D eigenvalue weighted by atomic mass is 35.5. The minimum absolute atomic E-state index is 0.584. The fraction of sp³-hybridized carbons (Fsp3) is 0.647. The van der Waals surface area contributed by atoms with Crippen molar-refractivity contribution >= 4 is 17.3 Å². The van der Waals surface area contributed by atoms with Gasteiger partial charge in [0.15, 0.2) is 0 Å². The van der Waals surface area contributed by atoms with Gasteiger partial charge in [0.25, 0.3) is 0 Å². The second kappa shape index (κ2) is 7.33. The van der Waals surface area contributed by atoms with Crippen molar-refractivity contribution in [3.8, 4) is 0 Å². The van der Waals surface area contributed by atoms with E-state index < -0.39 is 0 Å². The summed E-state index contributed by atoms with van der Waals surface area (Å²) in [6.07, 6.45) is 3.69. The van der Waals surface area contributed by atoms with Crippen LogP contribution in [0.5, 0.6) is 0 Å². The van der Waals surface area contributed by atoms with Crippen LogP contribution in [-0.2, 0) is 6.54 Å². The van der Waals surface area contributed by atoms with Crippen molar-refractivity contribution in [3.63, 3.8) is 0 Å². The first-order valence-corrected chi connectivity index (χ1v) is 8.25. The fourth-order valence-corrected chi connectivity index (χ4v) is 3.38. The molecule has 1 aromatic carbocycles. The van der Waals surface area contributed by atoms with Gasteiger partial charge in [-0.15, -0.1) is 0 Å². The van der Waals surface area contributed by atoms with Gasteiger partial charge in [0, 0.05) is 19.1 Å². The van der Waals surface area contributed by atoms with Gasteiger partial charge in [0.2, 0.25) is 0 Å². The second-order valence-electron chi connectivity index (χ2n) is 6.13. The molecule has 0 spiro atoms. The number of nitrogens with one attached hydrogen (secondary N) is 1. The lowest BCUT2D eigenvalue weighted by atomic mass is 9.93. The number of nitrogens with zero attached hydrogens (tertiary/aromatic N) is 1. The molecule has 2 rings (SSSR count). The molecule has 0 radical (unpaired) electrons. The van der Waals surface area contributed by atoms with E-state index in [1.165, 1.54) is 24.1 Å². The van der Waals surface area contributed by atoms with Crippen LogP contribution in [0.15, 0.2) is 18.2 Å². The summed E-state index contributed by atoms with van der Waals surface area (Å²) in [5.74, 6) is 0.831. The fourth-order valence-electron chi connectivity index (χ4n) is 3.07. The van der Waals surface area contributed by atoms with Gasteiger partial charge in [-0.3, -0.25) is 0 Å². The Labute approximate surface area is 128 Å². The van der Waals surface area contributed by atoms with E-state index in [4.69, 9.17) is 11.6 Å². The number of rotatable bonds is 5. The van der Waals surface area contributed by atoms with Gasteiger partial charge >= 0.3 is 0 Å². The normalized spacial score (nSPS) is 23.1. The van der Waals surface area contributed by atoms with Gasteiger partial charge in [-0.25, -0.2) is 0 Å². The third kappa shape index (κ3) is 3.89. The molecule has 2 atom stereocenters. The minimum atomic E-state index is 0.584. The smallest absolute Gasteiger partial charge is 0.0642 e. The third-order valence-corrected chi connectivity index (χ3v) is 4.52. The zero-order valence-electron chi connectivity index (χ0n) is 13.0. The van der Waals surface area contributed by atoms with Crippen molar-refractivity contribution in [1.29, 1.82) is 0 Å². The number of hydrogen-bond donors (Lipinski definition) is 1. The Morgan fingerprint density at radius 1 is 1.35 bits per heavy atom. The molecule has 2 unspecified atom stereocenters. The van der Waals surface area contributed by atoms with Crippen LogP contribution in [0.4, 0.5) is 5.69 Å². The van der Waals surface area contributed by atoms with Gasteiger partial charge < -0.3 is 10.2 Å². The molecule has 1 aliphatic rings. The van der Waals surface area contributed by atoms with Gasteiger partial charge in [-0.1, -0.05) is 31.5 Å². The molecule has 0 aromatic heterocycles. The number of halogens is 1. The molecule has 1 aromatic rings. The van der Waals surface area contributed by atoms with Crippen LogP contribution in [0.3, 0.4) is 0 Å². The first kappa shape index (κ1) is 15.7. The number of benzene rings is 1. The maximum absolute atomic E-state index is 6.51. The van der Waals surface area contributed by atoms with Crippen LogP contribution in [0.1, 0.15) is 45.6 Å². The Hall–Kier alpha value is -0.730. The van der Waals surface area contributed by atoms with Crippen molar-refractivity contribution in [3.05, 3.63) is 28.8 Å². The molecule has 3 heteroatoms. The third-order valence-electron chi connectivity index (χ3n) is 4.22. The van der Waals surface area contributed by atoms with Crippen LogP contribution in [0.25, 0.3) is 0 Å². The van der Waals surface area contributed by atoms with E-state index in [2.05, 4.69) is 49.2 Å². The maximum atomic E-state index is 6.51. The molecule has 1 N–H and O–H groups in total. The molecule has 1 fully saturated rings. The van der Waals surface area contributed by atoms with Crippen molar-refractivity contribution in [2.75, 3.05) is 18.0 Å². The molecule has 112 valence electrons. The molecule has 1 saturated heterocycles. The summed E-state index contributed by atoms with van der Waals surface area (Å²) in [5.41, 5.74) is 2.47. The largest absolute Gasteiger partial charge is 0.368 e. The van der Waals surface area contributed by atoms with E-state index in [-0.39, 0.29) is 0 Å². The highest BCUT2D eigenvalue weighted by Gasteiger charge is 2.24. The Balaban J connectivity index is 2.05. The number of piperidine rings is 1. The van der Waals surface area contributed by atoms with E-state index in [9.17, 15) is 0 Å². The summed E-state index contributed by atoms with van der Waals surface area (Å²) in [6, 6.07) is 7.09. The zero-order valence-corrected chi connectivity index (χ0v) is 13.7. The Morgan fingerprint density at radius 3 is 2.80 bits per heavy atom. The van der Waals surface area contributed by atoms with Crippen molar-refractivity contribution in [2.24, 2.45) is 5.92 Å². The second-order valence-corrected chi connectivity index (χ2v) is 6.54. The van der Waals surface area contributed by atoms with Crippen LogP contribution in [-0.4, -0.2) is 19.1 Å². The molecule has 1 heterocycles. The molecular formula is C17H27ClN2. The maximum Gasteiger partial charge on any atom is 0.0642 e. The Bertz CT molecular complexity index is 433. The van der Waals surface area contributed by atoms with E-state index in [0.29, 0.717) is 6.04 Å². The Kier molecular flexibility index (Phi) is 5.74. The van der Waals surface area contributed by atoms with Gasteiger partial charge in [0.1, 0.15) is 0 Å². The summed E-state index contributed by atoms with van der Waals surface area (Å²) in [7, 11) is 0. The average Bonchev–Trinajstić information content (AvgIpc) is 2.40. The average molecular weight is 295 g/mol. The van der Waals surface area contributed by atoms with Crippen molar-refractivity contribution in [2.45, 2.75) is 52.6 Å². The van der Waals surface area contributed by atoms with Gasteiger partial charge in [0.05, 0.1) is 10.7 Å². The molecule has 0 aliphatic carbocycles. The van der Waals surface area contributed by atoms with Crippen LogP contribution >= 0.6 is 11.6 Å². The summed E-state index contributed by atoms with van der Waals surface area (Å²) >= 11 is 6.51. The SMILES string of the molecule is CCCNCc1ccc(N2CCC(C)CC2C)c(Cl)c1. The number of hydrogen-bond acceptors (Lipinski definition) is 2. The first-order chi connectivity index (χ1) is 9.61. The molecule has 0 saturated carbocycles.